The van der Waals surface area contributed by atoms with Crippen molar-refractivity contribution in [3.63, 3.8) is 0 Å². The van der Waals surface area contributed by atoms with E-state index >= 15 is 0 Å². The number of allylic oxidation sites excluding steroid dienone is 3. The number of aromatic hydroxyl groups is 1. The minimum Gasteiger partial charge on any atom is -0.504 e. The van der Waals surface area contributed by atoms with Gasteiger partial charge < -0.3 is 24.2 Å². The van der Waals surface area contributed by atoms with Gasteiger partial charge in [0.15, 0.2) is 23.0 Å². The number of carbonyl (C=O) groups is 1. The first-order valence-corrected chi connectivity index (χ1v) is 11.1. The van der Waals surface area contributed by atoms with Crippen LogP contribution in [0.25, 0.3) is 6.08 Å². The minimum absolute atomic E-state index is 0.102. The lowest BCUT2D eigenvalue weighted by Gasteiger charge is -2.25. The molecule has 0 spiro atoms. The van der Waals surface area contributed by atoms with Crippen LogP contribution in [0.3, 0.4) is 0 Å². The Morgan fingerprint density at radius 1 is 1.09 bits per heavy atom. The van der Waals surface area contributed by atoms with E-state index < -0.39 is 0 Å². The van der Waals surface area contributed by atoms with Gasteiger partial charge in [-0.25, -0.2) is 0 Å². The van der Waals surface area contributed by atoms with Crippen LogP contribution in [0.4, 0.5) is 0 Å². The topological polar surface area (TPSA) is 68.2 Å². The first kappa shape index (κ1) is 24.0. The molecule has 2 aromatic rings. The van der Waals surface area contributed by atoms with Crippen LogP contribution in [0.15, 0.2) is 67.3 Å². The Kier molecular flexibility index (Phi) is 9.00. The quantitative estimate of drug-likeness (QED) is 0.376. The molecule has 0 unspecified atom stereocenters. The second-order valence-corrected chi connectivity index (χ2v) is 7.72. The van der Waals surface area contributed by atoms with Crippen molar-refractivity contribution >= 4 is 12.0 Å². The average molecular weight is 450 g/mol. The number of methoxy groups -OCH3 is 1. The molecule has 1 saturated heterocycles. The lowest BCUT2D eigenvalue weighted by Crippen LogP contribution is -2.34. The Hall–Kier alpha value is -3.67. The fraction of sp³-hybridized carbons (Fsp3) is 0.296. The van der Waals surface area contributed by atoms with E-state index in [1.807, 2.05) is 47.4 Å². The van der Waals surface area contributed by atoms with Crippen LogP contribution < -0.4 is 14.2 Å². The molecular formula is C27H31NO5. The molecule has 2 aliphatic heterocycles. The number of hydrogen-bond donors (Lipinski definition) is 1. The third-order valence-corrected chi connectivity index (χ3v) is 5.33. The molecule has 6 heteroatoms. The van der Waals surface area contributed by atoms with Gasteiger partial charge >= 0.3 is 0 Å². The van der Waals surface area contributed by atoms with Gasteiger partial charge in [0, 0.05) is 19.2 Å². The normalized spacial score (nSPS) is 14.8. The molecule has 0 saturated carbocycles. The predicted octanol–water partition coefficient (Wildman–Crippen LogP) is 5.13. The molecule has 0 atom stereocenters. The van der Waals surface area contributed by atoms with Crippen molar-refractivity contribution in [2.45, 2.75) is 25.7 Å². The Morgan fingerprint density at radius 2 is 1.88 bits per heavy atom. The van der Waals surface area contributed by atoms with Gasteiger partial charge in [0.2, 0.25) is 12.7 Å². The highest BCUT2D eigenvalue weighted by atomic mass is 16.7. The number of phenolic OH excluding ortho intramolecular Hbond substituents is 1. The largest absolute Gasteiger partial charge is 0.504 e. The summed E-state index contributed by atoms with van der Waals surface area (Å²) in [6.45, 7) is 5.68. The van der Waals surface area contributed by atoms with Crippen molar-refractivity contribution in [2.24, 2.45) is 0 Å². The zero-order valence-corrected chi connectivity index (χ0v) is 19.0. The molecule has 0 aliphatic carbocycles. The maximum Gasteiger partial charge on any atom is 0.246 e. The van der Waals surface area contributed by atoms with Gasteiger partial charge in [-0.3, -0.25) is 4.79 Å². The van der Waals surface area contributed by atoms with Crippen LogP contribution in [0.1, 0.15) is 30.4 Å². The Balaban J connectivity index is 0.000000218. The first-order valence-electron chi connectivity index (χ1n) is 11.1. The number of fused-ring (bicyclic) bond motifs is 1. The number of phenols is 1. The maximum atomic E-state index is 11.9. The number of likely N-dealkylation sites (tertiary alicyclic amines) is 1. The van der Waals surface area contributed by atoms with E-state index in [4.69, 9.17) is 14.2 Å². The highest BCUT2D eigenvalue weighted by Crippen LogP contribution is 2.32. The maximum absolute atomic E-state index is 11.9. The number of amides is 1. The minimum atomic E-state index is 0.102. The van der Waals surface area contributed by atoms with Crippen molar-refractivity contribution in [1.82, 2.24) is 4.90 Å². The van der Waals surface area contributed by atoms with Crippen molar-refractivity contribution in [2.75, 3.05) is 27.0 Å². The highest BCUT2D eigenvalue weighted by molar-refractivity contribution is 5.88. The number of nitrogens with zero attached hydrogens (tertiary/aromatic N) is 1. The third-order valence-electron chi connectivity index (χ3n) is 5.33. The summed E-state index contributed by atoms with van der Waals surface area (Å²) in [5.74, 6) is 2.33. The molecule has 0 aromatic heterocycles. The summed E-state index contributed by atoms with van der Waals surface area (Å²) in [5, 5.41) is 9.25. The summed E-state index contributed by atoms with van der Waals surface area (Å²) >= 11 is 0. The SMILES string of the molecule is C=CCc1ccc(O)c(OC)c1.O=C(/C=C/C=C/c1ccc2c(c1)OCO2)N1CCCCC1. The monoisotopic (exact) mass is 449 g/mol. The molecule has 1 N–H and O–H groups in total. The summed E-state index contributed by atoms with van der Waals surface area (Å²) in [6, 6.07) is 11.1. The van der Waals surface area contributed by atoms with Crippen molar-refractivity contribution in [1.29, 1.82) is 0 Å². The van der Waals surface area contributed by atoms with Crippen LogP contribution in [-0.4, -0.2) is 42.9 Å². The standard InChI is InChI=1S/C17H19NO3.C10H12O2/c19-17(18-10-4-1-5-11-18)7-3-2-6-14-8-9-15-16(12-14)21-13-20-15;1-3-4-8-5-6-9(11)10(7-8)12-2/h2-3,6-9,12H,1,4-5,10-11,13H2;3,5-7,11H,1,4H2,2H3/b6-2+,7-3+;. The number of carbonyl (C=O) groups excluding carboxylic acids is 1. The van der Waals surface area contributed by atoms with Crippen LogP contribution in [0.2, 0.25) is 0 Å². The molecule has 1 fully saturated rings. The number of piperidine rings is 1. The van der Waals surface area contributed by atoms with Crippen LogP contribution in [-0.2, 0) is 11.2 Å². The summed E-state index contributed by atoms with van der Waals surface area (Å²) in [7, 11) is 1.53. The van der Waals surface area contributed by atoms with Gasteiger partial charge in [0.05, 0.1) is 7.11 Å². The Bertz CT molecular complexity index is 1010. The molecule has 33 heavy (non-hydrogen) atoms. The summed E-state index contributed by atoms with van der Waals surface area (Å²) in [5.41, 5.74) is 2.11. The van der Waals surface area contributed by atoms with Gasteiger partial charge in [-0.05, 0) is 61.1 Å². The van der Waals surface area contributed by atoms with E-state index in [2.05, 4.69) is 6.58 Å². The Morgan fingerprint density at radius 3 is 2.64 bits per heavy atom. The zero-order chi connectivity index (χ0) is 23.5. The van der Waals surface area contributed by atoms with E-state index in [1.54, 1.807) is 24.3 Å². The number of hydrogen-bond acceptors (Lipinski definition) is 5. The van der Waals surface area contributed by atoms with Gasteiger partial charge in [-0.2, -0.15) is 0 Å². The second kappa shape index (κ2) is 12.4. The lowest BCUT2D eigenvalue weighted by atomic mass is 10.1. The number of benzene rings is 2. The molecule has 174 valence electrons. The zero-order valence-electron chi connectivity index (χ0n) is 19.0. The fourth-order valence-corrected chi connectivity index (χ4v) is 3.56. The van der Waals surface area contributed by atoms with E-state index in [1.165, 1.54) is 13.5 Å². The van der Waals surface area contributed by atoms with Crippen LogP contribution in [0.5, 0.6) is 23.0 Å². The lowest BCUT2D eigenvalue weighted by molar-refractivity contribution is -0.126. The van der Waals surface area contributed by atoms with Crippen LogP contribution in [0, 0.1) is 0 Å². The summed E-state index contributed by atoms with van der Waals surface area (Å²) < 4.78 is 15.5. The van der Waals surface area contributed by atoms with Gasteiger partial charge in [0.1, 0.15) is 0 Å². The molecule has 1 amide bonds. The summed E-state index contributed by atoms with van der Waals surface area (Å²) in [6.07, 6.45) is 13.3. The molecule has 2 aromatic carbocycles. The molecule has 0 radical (unpaired) electrons. The number of ether oxygens (including phenoxy) is 3. The molecular weight excluding hydrogens is 418 g/mol. The number of rotatable bonds is 6. The molecule has 2 heterocycles. The van der Waals surface area contributed by atoms with Crippen molar-refractivity contribution < 1.29 is 24.1 Å². The molecule has 2 aliphatic rings. The van der Waals surface area contributed by atoms with Gasteiger partial charge in [-0.1, -0.05) is 36.4 Å². The van der Waals surface area contributed by atoms with Crippen molar-refractivity contribution in [3.05, 3.63) is 78.4 Å². The van der Waals surface area contributed by atoms with E-state index in [0.717, 1.165) is 55.0 Å². The smallest absolute Gasteiger partial charge is 0.246 e. The third kappa shape index (κ3) is 7.17. The predicted molar refractivity (Wildman–Crippen MR) is 130 cm³/mol. The molecule has 0 bridgehead atoms. The summed E-state index contributed by atoms with van der Waals surface area (Å²) in [4.78, 5) is 13.8. The van der Waals surface area contributed by atoms with E-state index in [-0.39, 0.29) is 18.4 Å². The highest BCUT2D eigenvalue weighted by Gasteiger charge is 2.13. The van der Waals surface area contributed by atoms with Gasteiger partial charge in [-0.15, -0.1) is 6.58 Å². The van der Waals surface area contributed by atoms with Crippen LogP contribution >= 0.6 is 0 Å². The average Bonchev–Trinajstić information content (AvgIpc) is 3.32. The van der Waals surface area contributed by atoms with E-state index in [0.29, 0.717) is 5.75 Å². The van der Waals surface area contributed by atoms with E-state index in [9.17, 15) is 9.90 Å². The first-order chi connectivity index (χ1) is 16.1. The molecule has 6 nitrogen and oxygen atoms in total. The van der Waals surface area contributed by atoms with Crippen molar-refractivity contribution in [3.8, 4) is 23.0 Å². The fourth-order valence-electron chi connectivity index (χ4n) is 3.56. The molecule has 4 rings (SSSR count). The second-order valence-electron chi connectivity index (χ2n) is 7.72. The Labute approximate surface area is 195 Å². The van der Waals surface area contributed by atoms with Gasteiger partial charge in [0.25, 0.3) is 0 Å².